The topological polar surface area (TPSA) is 26.0 Å². The van der Waals surface area contributed by atoms with Crippen LogP contribution in [0.5, 0.6) is 0 Å². The Kier molecular flexibility index (Phi) is 3.88. The summed E-state index contributed by atoms with van der Waals surface area (Å²) in [6, 6.07) is 8.07. The van der Waals surface area contributed by atoms with Crippen LogP contribution in [0.2, 0.25) is 0 Å². The van der Waals surface area contributed by atoms with E-state index in [0.717, 1.165) is 5.56 Å². The molecule has 1 aromatic rings. The van der Waals surface area contributed by atoms with Crippen molar-refractivity contribution in [2.75, 3.05) is 6.26 Å². The van der Waals surface area contributed by atoms with Crippen molar-refractivity contribution in [2.24, 2.45) is 5.73 Å². The van der Waals surface area contributed by atoms with E-state index < -0.39 is 0 Å². The summed E-state index contributed by atoms with van der Waals surface area (Å²) in [6.45, 7) is 0. The number of hydrogen-bond acceptors (Lipinski definition) is 2. The van der Waals surface area contributed by atoms with E-state index in [1.807, 2.05) is 24.5 Å². The Balaban J connectivity index is 2.93. The van der Waals surface area contributed by atoms with Crippen LogP contribution in [-0.2, 0) is 0 Å². The van der Waals surface area contributed by atoms with Crippen LogP contribution in [0, 0.1) is 12.3 Å². The molecule has 1 rings (SSSR count). The molecule has 1 unspecified atom stereocenters. The Bertz CT molecular complexity index is 314. The van der Waals surface area contributed by atoms with Crippen molar-refractivity contribution >= 4 is 11.8 Å². The average molecular weight is 191 g/mol. The molecule has 0 saturated heterocycles. The average Bonchev–Trinajstić information content (AvgIpc) is 2.18. The van der Waals surface area contributed by atoms with Crippen molar-refractivity contribution in [3.8, 4) is 12.3 Å². The molecule has 13 heavy (non-hydrogen) atoms. The van der Waals surface area contributed by atoms with Gasteiger partial charge in [-0.15, -0.1) is 24.1 Å². The molecule has 0 saturated carbocycles. The first kappa shape index (κ1) is 10.2. The van der Waals surface area contributed by atoms with Crippen LogP contribution in [0.4, 0.5) is 0 Å². The molecule has 0 aliphatic carbocycles. The van der Waals surface area contributed by atoms with E-state index in [-0.39, 0.29) is 6.04 Å². The summed E-state index contributed by atoms with van der Waals surface area (Å²) in [7, 11) is 0. The third-order valence-electron chi connectivity index (χ3n) is 1.88. The maximum absolute atomic E-state index is 5.93. The van der Waals surface area contributed by atoms with Crippen LogP contribution in [-0.4, -0.2) is 6.26 Å². The zero-order chi connectivity index (χ0) is 9.68. The second kappa shape index (κ2) is 4.96. The van der Waals surface area contributed by atoms with Crippen molar-refractivity contribution < 1.29 is 0 Å². The molecule has 1 aromatic carbocycles. The predicted octanol–water partition coefficient (Wildman–Crippen LogP) is 2.43. The molecule has 0 aliphatic rings. The highest BCUT2D eigenvalue weighted by molar-refractivity contribution is 7.98. The molecule has 1 atom stereocenters. The van der Waals surface area contributed by atoms with Gasteiger partial charge in [-0.3, -0.25) is 0 Å². The molecule has 0 aliphatic heterocycles. The van der Waals surface area contributed by atoms with Gasteiger partial charge in [-0.05, 0) is 17.9 Å². The summed E-state index contributed by atoms with van der Waals surface area (Å²) in [5, 5.41) is 0. The number of thioether (sulfide) groups is 1. The van der Waals surface area contributed by atoms with Crippen LogP contribution in [0.25, 0.3) is 0 Å². The molecule has 68 valence electrons. The first-order valence-corrected chi connectivity index (χ1v) is 5.34. The largest absolute Gasteiger partial charge is 0.323 e. The van der Waals surface area contributed by atoms with Crippen molar-refractivity contribution in [1.29, 1.82) is 0 Å². The molecule has 2 N–H and O–H groups in total. The number of benzene rings is 1. The van der Waals surface area contributed by atoms with Gasteiger partial charge >= 0.3 is 0 Å². The van der Waals surface area contributed by atoms with Gasteiger partial charge in [0.2, 0.25) is 0 Å². The monoisotopic (exact) mass is 191 g/mol. The summed E-state index contributed by atoms with van der Waals surface area (Å²) in [6.07, 6.45) is 7.86. The second-order valence-electron chi connectivity index (χ2n) is 2.76. The van der Waals surface area contributed by atoms with Gasteiger partial charge in [0, 0.05) is 17.4 Å². The Morgan fingerprint density at radius 1 is 1.54 bits per heavy atom. The summed E-state index contributed by atoms with van der Waals surface area (Å²) in [4.78, 5) is 1.21. The molecule has 1 nitrogen and oxygen atoms in total. The number of nitrogens with two attached hydrogens (primary N) is 1. The predicted molar refractivity (Wildman–Crippen MR) is 58.6 cm³/mol. The van der Waals surface area contributed by atoms with Gasteiger partial charge in [0.05, 0.1) is 0 Å². The lowest BCUT2D eigenvalue weighted by atomic mass is 10.1. The lowest BCUT2D eigenvalue weighted by molar-refractivity contribution is 0.738. The van der Waals surface area contributed by atoms with Gasteiger partial charge in [-0.2, -0.15) is 0 Å². The van der Waals surface area contributed by atoms with E-state index in [1.54, 1.807) is 11.8 Å². The molecule has 0 fully saturated rings. The first-order chi connectivity index (χ1) is 6.29. The lowest BCUT2D eigenvalue weighted by Crippen LogP contribution is -2.10. The van der Waals surface area contributed by atoms with E-state index in [0.29, 0.717) is 6.42 Å². The molecule has 0 bridgehead atoms. The highest BCUT2D eigenvalue weighted by Crippen LogP contribution is 2.25. The standard InChI is InChI=1S/C11H13NS/c1-3-6-10(12)9-7-4-5-8-11(9)13-2/h1,4-5,7-8,10H,6,12H2,2H3. The van der Waals surface area contributed by atoms with Crippen molar-refractivity contribution in [3.63, 3.8) is 0 Å². The quantitative estimate of drug-likeness (QED) is 0.586. The summed E-state index contributed by atoms with van der Waals surface area (Å²) in [5.41, 5.74) is 7.07. The fourth-order valence-electron chi connectivity index (χ4n) is 1.21. The van der Waals surface area contributed by atoms with E-state index in [9.17, 15) is 0 Å². The van der Waals surface area contributed by atoms with Gasteiger partial charge in [-0.1, -0.05) is 18.2 Å². The third-order valence-corrected chi connectivity index (χ3v) is 2.69. The molecule has 0 spiro atoms. The molecule has 0 radical (unpaired) electrons. The number of rotatable bonds is 3. The van der Waals surface area contributed by atoms with Gasteiger partial charge < -0.3 is 5.73 Å². The van der Waals surface area contributed by atoms with E-state index in [1.165, 1.54) is 4.90 Å². The van der Waals surface area contributed by atoms with Crippen LogP contribution < -0.4 is 5.73 Å². The van der Waals surface area contributed by atoms with Crippen molar-refractivity contribution in [3.05, 3.63) is 29.8 Å². The molecule has 0 aromatic heterocycles. The van der Waals surface area contributed by atoms with E-state index in [4.69, 9.17) is 12.2 Å². The summed E-state index contributed by atoms with van der Waals surface area (Å²) in [5.74, 6) is 2.58. The molecule has 2 heteroatoms. The molecule has 0 amide bonds. The van der Waals surface area contributed by atoms with Gasteiger partial charge in [0.1, 0.15) is 0 Å². The van der Waals surface area contributed by atoms with E-state index in [2.05, 4.69) is 12.0 Å². The molecular weight excluding hydrogens is 178 g/mol. The Hall–Kier alpha value is -0.910. The number of hydrogen-bond donors (Lipinski definition) is 1. The minimum atomic E-state index is -0.0337. The normalized spacial score (nSPS) is 12.1. The third kappa shape index (κ3) is 2.51. The smallest absolute Gasteiger partial charge is 0.0416 e. The first-order valence-electron chi connectivity index (χ1n) is 4.11. The van der Waals surface area contributed by atoms with Crippen LogP contribution in [0.1, 0.15) is 18.0 Å². The van der Waals surface area contributed by atoms with Gasteiger partial charge in [0.15, 0.2) is 0 Å². The fourth-order valence-corrected chi connectivity index (χ4v) is 1.88. The van der Waals surface area contributed by atoms with E-state index >= 15 is 0 Å². The minimum absolute atomic E-state index is 0.0337. The maximum Gasteiger partial charge on any atom is 0.0416 e. The zero-order valence-corrected chi connectivity index (χ0v) is 8.47. The summed E-state index contributed by atoms with van der Waals surface area (Å²) < 4.78 is 0. The molecule has 0 heterocycles. The highest BCUT2D eigenvalue weighted by atomic mass is 32.2. The Labute approximate surface area is 83.7 Å². The van der Waals surface area contributed by atoms with Crippen molar-refractivity contribution in [1.82, 2.24) is 0 Å². The zero-order valence-electron chi connectivity index (χ0n) is 7.66. The molecular formula is C11H13NS. The van der Waals surface area contributed by atoms with Crippen molar-refractivity contribution in [2.45, 2.75) is 17.4 Å². The van der Waals surface area contributed by atoms with Crippen LogP contribution >= 0.6 is 11.8 Å². The minimum Gasteiger partial charge on any atom is -0.323 e. The van der Waals surface area contributed by atoms with Gasteiger partial charge in [-0.25, -0.2) is 0 Å². The maximum atomic E-state index is 5.93. The number of terminal acetylenes is 1. The Morgan fingerprint density at radius 3 is 2.85 bits per heavy atom. The van der Waals surface area contributed by atoms with Crippen LogP contribution in [0.3, 0.4) is 0 Å². The Morgan fingerprint density at radius 2 is 2.23 bits per heavy atom. The SMILES string of the molecule is C#CCC(N)c1ccccc1SC. The fraction of sp³-hybridized carbons (Fsp3) is 0.273. The lowest BCUT2D eigenvalue weighted by Gasteiger charge is -2.12. The second-order valence-corrected chi connectivity index (χ2v) is 3.60. The highest BCUT2D eigenvalue weighted by Gasteiger charge is 2.07. The summed E-state index contributed by atoms with van der Waals surface area (Å²) >= 11 is 1.70. The van der Waals surface area contributed by atoms with Crippen LogP contribution in [0.15, 0.2) is 29.2 Å². The van der Waals surface area contributed by atoms with Gasteiger partial charge in [0.25, 0.3) is 0 Å².